The van der Waals surface area contributed by atoms with Gasteiger partial charge in [0.2, 0.25) is 0 Å². The number of hydrogen-bond donors (Lipinski definition) is 2. The molecule has 7 heteroatoms. The SMILES string of the molecule is C[C@@H]1CN(c2ccc(CNC(=O)NCc3ccoc3)cn2)C[C@@H](C)O1. The van der Waals surface area contributed by atoms with Crippen LogP contribution in [0.2, 0.25) is 0 Å². The van der Waals surface area contributed by atoms with E-state index in [2.05, 4.69) is 34.4 Å². The summed E-state index contributed by atoms with van der Waals surface area (Å²) >= 11 is 0. The highest BCUT2D eigenvalue weighted by Gasteiger charge is 2.22. The second-order valence-corrected chi connectivity index (χ2v) is 6.35. The minimum absolute atomic E-state index is 0.200. The molecular weight excluding hydrogens is 320 g/mol. The summed E-state index contributed by atoms with van der Waals surface area (Å²) in [7, 11) is 0. The van der Waals surface area contributed by atoms with E-state index in [1.807, 2.05) is 18.2 Å². The molecule has 1 aliphatic rings. The van der Waals surface area contributed by atoms with E-state index in [9.17, 15) is 4.79 Å². The van der Waals surface area contributed by atoms with Crippen LogP contribution in [0.25, 0.3) is 0 Å². The Morgan fingerprint density at radius 2 is 1.88 bits per heavy atom. The van der Waals surface area contributed by atoms with E-state index in [1.54, 1.807) is 18.7 Å². The number of urea groups is 1. The monoisotopic (exact) mass is 344 g/mol. The molecule has 25 heavy (non-hydrogen) atoms. The van der Waals surface area contributed by atoms with Gasteiger partial charge in [0, 0.05) is 37.9 Å². The van der Waals surface area contributed by atoms with Crippen LogP contribution in [0.15, 0.2) is 41.3 Å². The lowest BCUT2D eigenvalue weighted by molar-refractivity contribution is -0.00546. The molecular formula is C18H24N4O3. The molecule has 2 N–H and O–H groups in total. The molecule has 7 nitrogen and oxygen atoms in total. The van der Waals surface area contributed by atoms with Crippen LogP contribution in [0, 0.1) is 0 Å². The average Bonchev–Trinajstić information content (AvgIpc) is 3.11. The highest BCUT2D eigenvalue weighted by Crippen LogP contribution is 2.18. The number of morpholine rings is 1. The summed E-state index contributed by atoms with van der Waals surface area (Å²) in [5, 5.41) is 5.60. The number of pyridine rings is 1. The maximum absolute atomic E-state index is 11.8. The van der Waals surface area contributed by atoms with E-state index in [0.717, 1.165) is 30.0 Å². The predicted molar refractivity (Wildman–Crippen MR) is 94.2 cm³/mol. The lowest BCUT2D eigenvalue weighted by Crippen LogP contribution is -2.45. The fourth-order valence-electron chi connectivity index (χ4n) is 2.89. The Balaban J connectivity index is 1.46. The van der Waals surface area contributed by atoms with Crippen molar-refractivity contribution >= 4 is 11.8 Å². The van der Waals surface area contributed by atoms with E-state index in [1.165, 1.54) is 0 Å². The van der Waals surface area contributed by atoms with Gasteiger partial charge < -0.3 is 24.7 Å². The Hall–Kier alpha value is -2.54. The first-order chi connectivity index (χ1) is 12.1. The van der Waals surface area contributed by atoms with Crippen molar-refractivity contribution in [2.75, 3.05) is 18.0 Å². The maximum atomic E-state index is 11.8. The van der Waals surface area contributed by atoms with Gasteiger partial charge in [0.1, 0.15) is 5.82 Å². The van der Waals surface area contributed by atoms with Crippen LogP contribution in [0.3, 0.4) is 0 Å². The molecule has 3 heterocycles. The number of nitrogens with zero attached hydrogens (tertiary/aromatic N) is 2. The van der Waals surface area contributed by atoms with E-state index in [0.29, 0.717) is 13.1 Å². The van der Waals surface area contributed by atoms with E-state index >= 15 is 0 Å². The number of rotatable bonds is 5. The van der Waals surface area contributed by atoms with Crippen LogP contribution >= 0.6 is 0 Å². The molecule has 0 aliphatic carbocycles. The summed E-state index contributed by atoms with van der Waals surface area (Å²) in [4.78, 5) is 18.6. The topological polar surface area (TPSA) is 79.6 Å². The Kier molecular flexibility index (Phi) is 5.55. The molecule has 0 aromatic carbocycles. The zero-order valence-corrected chi connectivity index (χ0v) is 14.6. The molecule has 0 unspecified atom stereocenters. The van der Waals surface area contributed by atoms with Crippen molar-refractivity contribution in [1.29, 1.82) is 0 Å². The molecule has 0 radical (unpaired) electrons. The largest absolute Gasteiger partial charge is 0.472 e. The van der Waals surface area contributed by atoms with Gasteiger partial charge in [-0.1, -0.05) is 6.07 Å². The van der Waals surface area contributed by atoms with Crippen molar-refractivity contribution in [1.82, 2.24) is 15.6 Å². The standard InChI is InChI=1S/C18H24N4O3/c1-13-10-22(11-14(2)25-13)17-4-3-15(7-19-17)8-20-18(23)21-9-16-5-6-24-12-16/h3-7,12-14H,8-11H2,1-2H3,(H2,20,21,23)/t13-,14-/m1/s1. The molecule has 1 aliphatic heterocycles. The quantitative estimate of drug-likeness (QED) is 0.870. The lowest BCUT2D eigenvalue weighted by atomic mass is 10.2. The first-order valence-corrected chi connectivity index (χ1v) is 8.48. The number of aromatic nitrogens is 1. The first kappa shape index (κ1) is 17.3. The third kappa shape index (κ3) is 4.96. The number of anilines is 1. The van der Waals surface area contributed by atoms with Crippen molar-refractivity contribution in [2.45, 2.75) is 39.1 Å². The van der Waals surface area contributed by atoms with Gasteiger partial charge in [-0.3, -0.25) is 0 Å². The molecule has 2 aromatic heterocycles. The van der Waals surface area contributed by atoms with Crippen LogP contribution in [-0.4, -0.2) is 36.3 Å². The van der Waals surface area contributed by atoms with Crippen LogP contribution < -0.4 is 15.5 Å². The van der Waals surface area contributed by atoms with Crippen LogP contribution in [0.4, 0.5) is 10.6 Å². The summed E-state index contributed by atoms with van der Waals surface area (Å²) in [5.41, 5.74) is 1.88. The number of carbonyl (C=O) groups is 1. The summed E-state index contributed by atoms with van der Waals surface area (Å²) in [6.45, 7) is 6.69. The molecule has 2 atom stereocenters. The first-order valence-electron chi connectivity index (χ1n) is 8.48. The van der Waals surface area contributed by atoms with Crippen LogP contribution in [0.5, 0.6) is 0 Å². The summed E-state index contributed by atoms with van der Waals surface area (Å²) < 4.78 is 10.7. The van der Waals surface area contributed by atoms with Crippen molar-refractivity contribution in [3.63, 3.8) is 0 Å². The van der Waals surface area contributed by atoms with Gasteiger partial charge in [0.05, 0.1) is 24.7 Å². The summed E-state index contributed by atoms with van der Waals surface area (Å²) in [6, 6.07) is 5.58. The maximum Gasteiger partial charge on any atom is 0.315 e. The van der Waals surface area contributed by atoms with Gasteiger partial charge in [-0.25, -0.2) is 9.78 Å². The fraction of sp³-hybridized carbons (Fsp3) is 0.444. The smallest absolute Gasteiger partial charge is 0.315 e. The second-order valence-electron chi connectivity index (χ2n) is 6.35. The van der Waals surface area contributed by atoms with E-state index in [4.69, 9.17) is 9.15 Å². The number of hydrogen-bond acceptors (Lipinski definition) is 5. The Labute approximate surface area is 147 Å². The molecule has 2 amide bonds. The third-order valence-electron chi connectivity index (χ3n) is 4.04. The van der Waals surface area contributed by atoms with Crippen LogP contribution in [-0.2, 0) is 17.8 Å². The molecule has 2 aromatic rings. The Bertz CT molecular complexity index is 662. The van der Waals surface area contributed by atoms with Gasteiger partial charge >= 0.3 is 6.03 Å². The normalized spacial score (nSPS) is 20.3. The third-order valence-corrected chi connectivity index (χ3v) is 4.04. The predicted octanol–water partition coefficient (Wildman–Crippen LogP) is 2.29. The number of ether oxygens (including phenoxy) is 1. The van der Waals surface area contributed by atoms with Crippen molar-refractivity contribution in [3.05, 3.63) is 48.0 Å². The molecule has 134 valence electrons. The number of furan rings is 1. The van der Waals surface area contributed by atoms with Gasteiger partial charge in [0.15, 0.2) is 0 Å². The Morgan fingerprint density at radius 1 is 1.16 bits per heavy atom. The summed E-state index contributed by atoms with van der Waals surface area (Å²) in [6.07, 6.45) is 5.39. The highest BCUT2D eigenvalue weighted by molar-refractivity contribution is 5.73. The van der Waals surface area contributed by atoms with Crippen molar-refractivity contribution < 1.29 is 13.9 Å². The van der Waals surface area contributed by atoms with Gasteiger partial charge in [-0.2, -0.15) is 0 Å². The van der Waals surface area contributed by atoms with Gasteiger partial charge in [-0.05, 0) is 31.5 Å². The zero-order chi connectivity index (χ0) is 17.6. The number of carbonyl (C=O) groups excluding carboxylic acids is 1. The van der Waals surface area contributed by atoms with Crippen molar-refractivity contribution in [2.24, 2.45) is 0 Å². The average molecular weight is 344 g/mol. The fourth-order valence-corrected chi connectivity index (χ4v) is 2.89. The molecule has 0 spiro atoms. The number of nitrogens with one attached hydrogen (secondary N) is 2. The van der Waals surface area contributed by atoms with Crippen molar-refractivity contribution in [3.8, 4) is 0 Å². The van der Waals surface area contributed by atoms with Gasteiger partial charge in [-0.15, -0.1) is 0 Å². The molecule has 3 rings (SSSR count). The lowest BCUT2D eigenvalue weighted by Gasteiger charge is -2.36. The van der Waals surface area contributed by atoms with E-state index in [-0.39, 0.29) is 18.2 Å². The molecule has 1 saturated heterocycles. The van der Waals surface area contributed by atoms with Crippen LogP contribution in [0.1, 0.15) is 25.0 Å². The zero-order valence-electron chi connectivity index (χ0n) is 14.6. The minimum atomic E-state index is -0.221. The van der Waals surface area contributed by atoms with Gasteiger partial charge in [0.25, 0.3) is 0 Å². The molecule has 0 bridgehead atoms. The van der Waals surface area contributed by atoms with E-state index < -0.39 is 0 Å². The minimum Gasteiger partial charge on any atom is -0.472 e. The number of amides is 2. The molecule has 0 saturated carbocycles. The molecule has 1 fully saturated rings. The highest BCUT2D eigenvalue weighted by atomic mass is 16.5. The second kappa shape index (κ2) is 8.02. The summed E-state index contributed by atoms with van der Waals surface area (Å²) in [5.74, 6) is 0.940. The Morgan fingerprint density at radius 3 is 2.48 bits per heavy atom.